The fraction of sp³-hybridized carbons (Fsp3) is 0.227. The molecule has 0 radical (unpaired) electrons. The van der Waals surface area contributed by atoms with Gasteiger partial charge in [0.25, 0.3) is 0 Å². The van der Waals surface area contributed by atoms with Crippen LogP contribution >= 0.6 is 12.4 Å². The summed E-state index contributed by atoms with van der Waals surface area (Å²) in [6, 6.07) is 20.8. The van der Waals surface area contributed by atoms with E-state index < -0.39 is 0 Å². The third-order valence-electron chi connectivity index (χ3n) is 4.75. The van der Waals surface area contributed by atoms with Gasteiger partial charge in [-0.3, -0.25) is 4.98 Å². The molecule has 3 aromatic rings. The molecule has 2 aromatic carbocycles. The largest absolute Gasteiger partial charge is 0.396 e. The van der Waals surface area contributed by atoms with Crippen LogP contribution in [0.4, 0.5) is 11.4 Å². The van der Waals surface area contributed by atoms with Gasteiger partial charge in [0.2, 0.25) is 0 Å². The number of nitrogens with zero attached hydrogens (tertiary/aromatic N) is 1. The Labute approximate surface area is 160 Å². The summed E-state index contributed by atoms with van der Waals surface area (Å²) in [7, 11) is 0. The molecule has 0 saturated heterocycles. The first kappa shape index (κ1) is 18.4. The lowest BCUT2D eigenvalue weighted by atomic mass is 10.1. The summed E-state index contributed by atoms with van der Waals surface area (Å²) >= 11 is 0. The van der Waals surface area contributed by atoms with Crippen LogP contribution in [0.15, 0.2) is 60.7 Å². The number of aryl methyl sites for hydroxylation is 1. The van der Waals surface area contributed by atoms with Crippen molar-refractivity contribution in [2.45, 2.75) is 25.7 Å². The SMILES string of the molecule is Cl.OCCc1ccc(Nc2cc(-c3ccccc3)nc3c2CCC3)cc1. The van der Waals surface area contributed by atoms with Gasteiger partial charge in [-0.2, -0.15) is 0 Å². The second-order valence-electron chi connectivity index (χ2n) is 6.50. The van der Waals surface area contributed by atoms with E-state index in [2.05, 4.69) is 59.9 Å². The van der Waals surface area contributed by atoms with Gasteiger partial charge in [-0.15, -0.1) is 12.4 Å². The highest BCUT2D eigenvalue weighted by atomic mass is 35.5. The number of anilines is 2. The Bertz CT molecular complexity index is 863. The minimum Gasteiger partial charge on any atom is -0.396 e. The number of hydrogen-bond donors (Lipinski definition) is 2. The molecule has 3 nitrogen and oxygen atoms in total. The second kappa shape index (κ2) is 8.35. The average Bonchev–Trinajstić information content (AvgIpc) is 3.13. The number of hydrogen-bond acceptors (Lipinski definition) is 3. The van der Waals surface area contributed by atoms with Crippen molar-refractivity contribution in [2.24, 2.45) is 0 Å². The van der Waals surface area contributed by atoms with Crippen LogP contribution in [0.3, 0.4) is 0 Å². The number of nitrogens with one attached hydrogen (secondary N) is 1. The van der Waals surface area contributed by atoms with Crippen molar-refractivity contribution in [1.82, 2.24) is 4.98 Å². The van der Waals surface area contributed by atoms with Gasteiger partial charge < -0.3 is 10.4 Å². The molecule has 0 amide bonds. The van der Waals surface area contributed by atoms with Crippen LogP contribution in [0, 0.1) is 0 Å². The maximum Gasteiger partial charge on any atom is 0.0726 e. The lowest BCUT2D eigenvalue weighted by molar-refractivity contribution is 0.299. The summed E-state index contributed by atoms with van der Waals surface area (Å²) in [6.07, 6.45) is 4.01. The highest BCUT2D eigenvalue weighted by Crippen LogP contribution is 2.33. The molecular weight excluding hydrogens is 344 g/mol. The molecule has 0 atom stereocenters. The molecule has 0 unspecified atom stereocenters. The van der Waals surface area contributed by atoms with E-state index in [4.69, 9.17) is 10.1 Å². The Morgan fingerprint density at radius 1 is 0.962 bits per heavy atom. The zero-order valence-corrected chi connectivity index (χ0v) is 15.4. The van der Waals surface area contributed by atoms with Crippen LogP contribution in [0.1, 0.15) is 23.2 Å². The molecule has 0 bridgehead atoms. The number of aliphatic hydroxyl groups is 1. The van der Waals surface area contributed by atoms with E-state index in [0.29, 0.717) is 6.42 Å². The first-order valence-electron chi connectivity index (χ1n) is 8.88. The normalized spacial score (nSPS) is 12.3. The van der Waals surface area contributed by atoms with Crippen molar-refractivity contribution in [1.29, 1.82) is 0 Å². The van der Waals surface area contributed by atoms with E-state index in [9.17, 15) is 0 Å². The van der Waals surface area contributed by atoms with Crippen molar-refractivity contribution in [3.8, 4) is 11.3 Å². The number of aliphatic hydroxyl groups excluding tert-OH is 1. The van der Waals surface area contributed by atoms with Crippen LogP contribution in [0.25, 0.3) is 11.3 Å². The topological polar surface area (TPSA) is 45.1 Å². The molecule has 4 rings (SSSR count). The second-order valence-corrected chi connectivity index (χ2v) is 6.50. The zero-order valence-electron chi connectivity index (χ0n) is 14.6. The summed E-state index contributed by atoms with van der Waals surface area (Å²) in [6.45, 7) is 0.186. The van der Waals surface area contributed by atoms with Gasteiger partial charge in [-0.05, 0) is 55.0 Å². The van der Waals surface area contributed by atoms with E-state index in [1.807, 2.05) is 6.07 Å². The number of rotatable bonds is 5. The van der Waals surface area contributed by atoms with Gasteiger partial charge in [-0.25, -0.2) is 0 Å². The molecule has 4 heteroatoms. The van der Waals surface area contributed by atoms with Crippen LogP contribution in [0.5, 0.6) is 0 Å². The van der Waals surface area contributed by atoms with E-state index in [1.54, 1.807) is 0 Å². The summed E-state index contributed by atoms with van der Waals surface area (Å²) in [4.78, 5) is 4.90. The van der Waals surface area contributed by atoms with Crippen LogP contribution < -0.4 is 5.32 Å². The van der Waals surface area contributed by atoms with Gasteiger partial charge in [0.1, 0.15) is 0 Å². The summed E-state index contributed by atoms with van der Waals surface area (Å²) in [5.41, 5.74) is 8.13. The number of benzene rings is 2. The summed E-state index contributed by atoms with van der Waals surface area (Å²) in [5.74, 6) is 0. The highest BCUT2D eigenvalue weighted by molar-refractivity contribution is 5.85. The molecule has 2 N–H and O–H groups in total. The highest BCUT2D eigenvalue weighted by Gasteiger charge is 2.18. The molecule has 0 aliphatic heterocycles. The number of fused-ring (bicyclic) bond motifs is 1. The third-order valence-corrected chi connectivity index (χ3v) is 4.75. The molecule has 0 saturated carbocycles. The molecule has 0 spiro atoms. The molecule has 134 valence electrons. The number of aromatic nitrogens is 1. The molecule has 1 aliphatic rings. The minimum absolute atomic E-state index is 0. The molecule has 1 aliphatic carbocycles. The fourth-order valence-corrected chi connectivity index (χ4v) is 3.45. The van der Waals surface area contributed by atoms with E-state index >= 15 is 0 Å². The Hall–Kier alpha value is -2.36. The zero-order chi connectivity index (χ0) is 17.1. The van der Waals surface area contributed by atoms with Gasteiger partial charge in [0, 0.05) is 29.2 Å². The number of pyridine rings is 1. The monoisotopic (exact) mass is 366 g/mol. The van der Waals surface area contributed by atoms with Crippen molar-refractivity contribution in [3.63, 3.8) is 0 Å². The number of halogens is 1. The molecule has 1 aromatic heterocycles. The smallest absolute Gasteiger partial charge is 0.0726 e. The quantitative estimate of drug-likeness (QED) is 0.672. The van der Waals surface area contributed by atoms with Crippen LogP contribution in [-0.4, -0.2) is 16.7 Å². The van der Waals surface area contributed by atoms with Gasteiger partial charge >= 0.3 is 0 Å². The Balaban J connectivity index is 0.00000196. The first-order chi connectivity index (χ1) is 12.3. The van der Waals surface area contributed by atoms with Crippen LogP contribution in [0.2, 0.25) is 0 Å². The van der Waals surface area contributed by atoms with E-state index in [-0.39, 0.29) is 19.0 Å². The summed E-state index contributed by atoms with van der Waals surface area (Å²) in [5, 5.41) is 12.6. The van der Waals surface area contributed by atoms with Gasteiger partial charge in [-0.1, -0.05) is 42.5 Å². The molecule has 0 fully saturated rings. The maximum absolute atomic E-state index is 9.05. The van der Waals surface area contributed by atoms with Gasteiger partial charge in [0.05, 0.1) is 5.69 Å². The lowest BCUT2D eigenvalue weighted by Crippen LogP contribution is -2.00. The molecular formula is C22H23ClN2O. The van der Waals surface area contributed by atoms with E-state index in [0.717, 1.165) is 41.0 Å². The molecule has 26 heavy (non-hydrogen) atoms. The van der Waals surface area contributed by atoms with E-state index in [1.165, 1.54) is 17.7 Å². The fourth-order valence-electron chi connectivity index (χ4n) is 3.45. The van der Waals surface area contributed by atoms with Crippen molar-refractivity contribution in [3.05, 3.63) is 77.5 Å². The van der Waals surface area contributed by atoms with Crippen LogP contribution in [-0.2, 0) is 19.3 Å². The Morgan fingerprint density at radius 2 is 1.73 bits per heavy atom. The third kappa shape index (κ3) is 3.90. The van der Waals surface area contributed by atoms with Crippen molar-refractivity contribution in [2.75, 3.05) is 11.9 Å². The van der Waals surface area contributed by atoms with Crippen molar-refractivity contribution >= 4 is 23.8 Å². The Kier molecular flexibility index (Phi) is 5.92. The Morgan fingerprint density at radius 3 is 2.46 bits per heavy atom. The first-order valence-corrected chi connectivity index (χ1v) is 8.88. The lowest BCUT2D eigenvalue weighted by Gasteiger charge is -2.14. The van der Waals surface area contributed by atoms with Gasteiger partial charge in [0.15, 0.2) is 0 Å². The predicted octanol–water partition coefficient (Wildman–Crippen LogP) is 4.94. The molecule has 1 heterocycles. The van der Waals surface area contributed by atoms with Crippen molar-refractivity contribution < 1.29 is 5.11 Å². The maximum atomic E-state index is 9.05. The minimum atomic E-state index is 0. The standard InChI is InChI=1S/C22H22N2O.ClH/c25-14-13-16-9-11-18(12-10-16)23-22-15-21(17-5-2-1-3-6-17)24-20-8-4-7-19(20)22;/h1-3,5-6,9-12,15,25H,4,7-8,13-14H2,(H,23,24);1H. The summed E-state index contributed by atoms with van der Waals surface area (Å²) < 4.78 is 0. The predicted molar refractivity (Wildman–Crippen MR) is 109 cm³/mol. The average molecular weight is 367 g/mol.